The van der Waals surface area contributed by atoms with E-state index in [1.807, 2.05) is 6.07 Å². The summed E-state index contributed by atoms with van der Waals surface area (Å²) >= 11 is 0. The fourth-order valence-corrected chi connectivity index (χ4v) is 1.80. The van der Waals surface area contributed by atoms with E-state index in [4.69, 9.17) is 10.00 Å². The Labute approximate surface area is 119 Å². The Balaban J connectivity index is 2.16. The zero-order valence-corrected chi connectivity index (χ0v) is 10.9. The Morgan fingerprint density at radius 3 is 2.43 bits per heavy atom. The molecule has 0 amide bonds. The fourth-order valence-electron chi connectivity index (χ4n) is 1.80. The number of ether oxygens (including phenoxy) is 1. The van der Waals surface area contributed by atoms with Gasteiger partial charge in [0.05, 0.1) is 0 Å². The first-order chi connectivity index (χ1) is 10.1. The highest BCUT2D eigenvalue weighted by Gasteiger charge is 2.12. The molecule has 0 fully saturated rings. The highest BCUT2D eigenvalue weighted by atomic mass is 19.1. The molecule has 0 aliphatic carbocycles. The molecule has 0 atom stereocenters. The smallest absolute Gasteiger partial charge is 0.174 e. The Kier molecular flexibility index (Phi) is 4.67. The second-order valence-electron chi connectivity index (χ2n) is 4.15. The van der Waals surface area contributed by atoms with Gasteiger partial charge in [0.1, 0.15) is 23.3 Å². The molecule has 0 aliphatic heterocycles. The van der Waals surface area contributed by atoms with Gasteiger partial charge in [0.15, 0.2) is 18.2 Å². The topological polar surface area (TPSA) is 45.0 Å². The summed E-state index contributed by atoms with van der Waals surface area (Å²) in [6, 6.07) is 9.82. The van der Waals surface area contributed by atoms with Crippen LogP contribution in [0.1, 0.15) is 5.56 Å². The SMILES string of the molecule is N#CCOc1ccccc1CNc1c(F)cc(F)cc1F. The average molecular weight is 292 g/mol. The maximum absolute atomic E-state index is 13.5. The van der Waals surface area contributed by atoms with Crippen LogP contribution in [-0.2, 0) is 6.54 Å². The minimum atomic E-state index is -1.01. The van der Waals surface area contributed by atoms with Gasteiger partial charge in [-0.1, -0.05) is 18.2 Å². The molecule has 2 aromatic carbocycles. The summed E-state index contributed by atoms with van der Waals surface area (Å²) in [5, 5.41) is 11.1. The lowest BCUT2D eigenvalue weighted by Gasteiger charge is -2.12. The molecule has 2 aromatic rings. The molecule has 0 saturated heterocycles. The number of anilines is 1. The van der Waals surface area contributed by atoms with Gasteiger partial charge in [-0.2, -0.15) is 5.26 Å². The molecular formula is C15H11F3N2O. The number of hydrogen-bond acceptors (Lipinski definition) is 3. The number of benzene rings is 2. The van der Waals surface area contributed by atoms with Crippen LogP contribution in [0.5, 0.6) is 5.75 Å². The van der Waals surface area contributed by atoms with Crippen LogP contribution in [-0.4, -0.2) is 6.61 Å². The van der Waals surface area contributed by atoms with Crippen LogP contribution < -0.4 is 10.1 Å². The van der Waals surface area contributed by atoms with E-state index in [0.29, 0.717) is 23.4 Å². The lowest BCUT2D eigenvalue weighted by Crippen LogP contribution is -2.06. The Hall–Kier alpha value is -2.68. The van der Waals surface area contributed by atoms with Gasteiger partial charge >= 0.3 is 0 Å². The molecule has 2 rings (SSSR count). The van der Waals surface area contributed by atoms with E-state index >= 15 is 0 Å². The first-order valence-corrected chi connectivity index (χ1v) is 6.08. The van der Waals surface area contributed by atoms with Gasteiger partial charge in [0.2, 0.25) is 0 Å². The predicted octanol–water partition coefficient (Wildman–Crippen LogP) is 3.62. The number of rotatable bonds is 5. The van der Waals surface area contributed by atoms with Crippen molar-refractivity contribution in [2.45, 2.75) is 6.54 Å². The molecular weight excluding hydrogens is 281 g/mol. The summed E-state index contributed by atoms with van der Waals surface area (Å²) in [5.41, 5.74) is 0.211. The number of hydrogen-bond donors (Lipinski definition) is 1. The van der Waals surface area contributed by atoms with Crippen LogP contribution in [0.15, 0.2) is 36.4 Å². The van der Waals surface area contributed by atoms with Crippen molar-refractivity contribution in [2.75, 3.05) is 11.9 Å². The van der Waals surface area contributed by atoms with Gasteiger partial charge in [-0.25, -0.2) is 13.2 Å². The van der Waals surface area contributed by atoms with Crippen LogP contribution in [0.3, 0.4) is 0 Å². The van der Waals surface area contributed by atoms with Crippen molar-refractivity contribution in [3.8, 4) is 11.8 Å². The maximum atomic E-state index is 13.5. The Morgan fingerprint density at radius 2 is 1.76 bits per heavy atom. The Bertz CT molecular complexity index is 660. The van der Waals surface area contributed by atoms with Crippen LogP contribution in [0.2, 0.25) is 0 Å². The van der Waals surface area contributed by atoms with Gasteiger partial charge in [0.25, 0.3) is 0 Å². The van der Waals surface area contributed by atoms with Crippen molar-refractivity contribution in [3.05, 3.63) is 59.4 Å². The molecule has 0 heterocycles. The van der Waals surface area contributed by atoms with Gasteiger partial charge in [0, 0.05) is 24.2 Å². The number of para-hydroxylation sites is 1. The molecule has 0 spiro atoms. The quantitative estimate of drug-likeness (QED) is 0.915. The van der Waals surface area contributed by atoms with Crippen molar-refractivity contribution in [3.63, 3.8) is 0 Å². The van der Waals surface area contributed by atoms with Crippen molar-refractivity contribution in [1.29, 1.82) is 5.26 Å². The normalized spacial score (nSPS) is 10.0. The summed E-state index contributed by atoms with van der Waals surface area (Å²) in [7, 11) is 0. The fraction of sp³-hybridized carbons (Fsp3) is 0.133. The van der Waals surface area contributed by atoms with Crippen LogP contribution in [0.4, 0.5) is 18.9 Å². The van der Waals surface area contributed by atoms with Crippen molar-refractivity contribution in [1.82, 2.24) is 0 Å². The maximum Gasteiger partial charge on any atom is 0.174 e. The largest absolute Gasteiger partial charge is 0.478 e. The van der Waals surface area contributed by atoms with E-state index in [0.717, 1.165) is 0 Å². The van der Waals surface area contributed by atoms with E-state index in [1.54, 1.807) is 24.3 Å². The molecule has 0 radical (unpaired) electrons. The van der Waals surface area contributed by atoms with E-state index < -0.39 is 23.1 Å². The molecule has 6 heteroatoms. The molecule has 0 bridgehead atoms. The van der Waals surface area contributed by atoms with Crippen LogP contribution in [0, 0.1) is 28.8 Å². The lowest BCUT2D eigenvalue weighted by molar-refractivity contribution is 0.364. The summed E-state index contributed by atoms with van der Waals surface area (Å²) in [6.07, 6.45) is 0. The summed E-state index contributed by atoms with van der Waals surface area (Å²) in [5.74, 6) is -2.56. The summed E-state index contributed by atoms with van der Waals surface area (Å²) < 4.78 is 45.0. The van der Waals surface area contributed by atoms with E-state index in [9.17, 15) is 13.2 Å². The molecule has 1 N–H and O–H groups in total. The molecule has 0 aliphatic rings. The molecule has 21 heavy (non-hydrogen) atoms. The van der Waals surface area contributed by atoms with Gasteiger partial charge in [-0.05, 0) is 6.07 Å². The monoisotopic (exact) mass is 292 g/mol. The molecule has 0 unspecified atom stereocenters. The average Bonchev–Trinajstić information content (AvgIpc) is 2.45. The zero-order chi connectivity index (χ0) is 15.2. The van der Waals surface area contributed by atoms with E-state index in [2.05, 4.69) is 5.32 Å². The zero-order valence-electron chi connectivity index (χ0n) is 10.9. The number of halogens is 3. The highest BCUT2D eigenvalue weighted by Crippen LogP contribution is 2.23. The predicted molar refractivity (Wildman–Crippen MR) is 71.2 cm³/mol. The third kappa shape index (κ3) is 3.66. The minimum absolute atomic E-state index is 0.0705. The molecule has 0 aromatic heterocycles. The highest BCUT2D eigenvalue weighted by molar-refractivity contribution is 5.48. The van der Waals surface area contributed by atoms with Crippen molar-refractivity contribution in [2.24, 2.45) is 0 Å². The number of nitriles is 1. The van der Waals surface area contributed by atoms with Gasteiger partial charge in [-0.15, -0.1) is 0 Å². The molecule has 108 valence electrons. The van der Waals surface area contributed by atoms with Crippen LogP contribution in [0.25, 0.3) is 0 Å². The first-order valence-electron chi connectivity index (χ1n) is 6.08. The second-order valence-corrected chi connectivity index (χ2v) is 4.15. The van der Waals surface area contributed by atoms with Gasteiger partial charge in [-0.3, -0.25) is 0 Å². The second kappa shape index (κ2) is 6.66. The lowest BCUT2D eigenvalue weighted by atomic mass is 10.2. The third-order valence-electron chi connectivity index (χ3n) is 2.73. The molecule has 0 saturated carbocycles. The van der Waals surface area contributed by atoms with Crippen molar-refractivity contribution < 1.29 is 17.9 Å². The van der Waals surface area contributed by atoms with E-state index in [-0.39, 0.29) is 13.2 Å². The number of nitrogens with one attached hydrogen (secondary N) is 1. The van der Waals surface area contributed by atoms with Crippen LogP contribution >= 0.6 is 0 Å². The van der Waals surface area contributed by atoms with Crippen molar-refractivity contribution >= 4 is 5.69 Å². The summed E-state index contributed by atoms with van der Waals surface area (Å²) in [4.78, 5) is 0. The standard InChI is InChI=1S/C15H11F3N2O/c16-11-7-12(17)15(13(18)8-11)20-9-10-3-1-2-4-14(10)21-6-5-19/h1-4,7-8,20H,6,9H2. The molecule has 3 nitrogen and oxygen atoms in total. The third-order valence-corrected chi connectivity index (χ3v) is 2.73. The summed E-state index contributed by atoms with van der Waals surface area (Å²) in [6.45, 7) is -0.0582. The first kappa shape index (κ1) is 14.7. The minimum Gasteiger partial charge on any atom is -0.478 e. The Morgan fingerprint density at radius 1 is 1.10 bits per heavy atom. The van der Waals surface area contributed by atoms with Gasteiger partial charge < -0.3 is 10.1 Å². The van der Waals surface area contributed by atoms with E-state index in [1.165, 1.54) is 0 Å². The number of nitrogens with zero attached hydrogens (tertiary/aromatic N) is 1.